The lowest BCUT2D eigenvalue weighted by molar-refractivity contribution is 0.191. The van der Waals surface area contributed by atoms with Crippen molar-refractivity contribution < 1.29 is 9.47 Å². The molecular formula is C11H20BrN5O2. The molecule has 0 aliphatic rings. The molecule has 7 nitrogen and oxygen atoms in total. The van der Waals surface area contributed by atoms with Crippen molar-refractivity contribution in [3.63, 3.8) is 0 Å². The molecule has 108 valence electrons. The topological polar surface area (TPSA) is 85.5 Å². The molecule has 3 N–H and O–H groups in total. The van der Waals surface area contributed by atoms with Gasteiger partial charge in [0.15, 0.2) is 5.82 Å². The van der Waals surface area contributed by atoms with E-state index in [9.17, 15) is 0 Å². The van der Waals surface area contributed by atoms with Gasteiger partial charge in [0.2, 0.25) is 0 Å². The van der Waals surface area contributed by atoms with Gasteiger partial charge in [-0.05, 0) is 22.4 Å². The fourth-order valence-corrected chi connectivity index (χ4v) is 2.18. The Hall–Kier alpha value is -0.960. The summed E-state index contributed by atoms with van der Waals surface area (Å²) in [6.45, 7) is 2.87. The average Bonchev–Trinajstić information content (AvgIpc) is 2.43. The second-order valence-electron chi connectivity index (χ2n) is 3.83. The Morgan fingerprint density at radius 3 is 2.63 bits per heavy atom. The number of nitrogens with two attached hydrogens (primary N) is 1. The van der Waals surface area contributed by atoms with E-state index in [4.69, 9.17) is 15.3 Å². The van der Waals surface area contributed by atoms with Crippen LogP contribution in [0.4, 0.5) is 11.6 Å². The highest BCUT2D eigenvalue weighted by Crippen LogP contribution is 2.28. The molecule has 0 saturated carbocycles. The Bertz CT molecular complexity index is 380. The molecule has 1 aromatic heterocycles. The Morgan fingerprint density at radius 1 is 1.26 bits per heavy atom. The van der Waals surface area contributed by atoms with Crippen molar-refractivity contribution in [3.05, 3.63) is 10.8 Å². The van der Waals surface area contributed by atoms with Crippen LogP contribution in [0.3, 0.4) is 0 Å². The molecule has 0 radical (unpaired) electrons. The van der Waals surface area contributed by atoms with E-state index in [0.29, 0.717) is 19.0 Å². The van der Waals surface area contributed by atoms with Gasteiger partial charge in [-0.3, -0.25) is 0 Å². The molecule has 0 spiro atoms. The number of nitrogens with one attached hydrogen (secondary N) is 1. The van der Waals surface area contributed by atoms with Crippen LogP contribution in [0.2, 0.25) is 0 Å². The summed E-state index contributed by atoms with van der Waals surface area (Å²) in [4.78, 5) is 10.4. The first-order chi connectivity index (χ1) is 9.24. The zero-order valence-electron chi connectivity index (χ0n) is 11.2. The normalized spacial score (nSPS) is 10.5. The molecule has 0 aliphatic heterocycles. The Morgan fingerprint density at radius 2 is 2.00 bits per heavy atom. The number of methoxy groups -OCH3 is 2. The number of hydrazine groups is 1. The SMILES string of the molecule is COCCCN(CCOC)c1ncnc(NN)c1Br. The van der Waals surface area contributed by atoms with Crippen LogP contribution in [0.15, 0.2) is 10.8 Å². The molecule has 0 unspecified atom stereocenters. The standard InChI is InChI=1S/C11H20BrN5O2/c1-18-6-3-4-17(5-7-19-2)11-9(12)10(16-13)14-8-15-11/h8H,3-7,13H2,1-2H3,(H,14,15,16). The first kappa shape index (κ1) is 16.1. The summed E-state index contributed by atoms with van der Waals surface area (Å²) in [5.41, 5.74) is 2.53. The summed E-state index contributed by atoms with van der Waals surface area (Å²) in [5, 5.41) is 0. The Labute approximate surface area is 121 Å². The highest BCUT2D eigenvalue weighted by Gasteiger charge is 2.14. The van der Waals surface area contributed by atoms with Crippen molar-refractivity contribution in [3.8, 4) is 0 Å². The number of hydrogen-bond donors (Lipinski definition) is 2. The smallest absolute Gasteiger partial charge is 0.159 e. The molecule has 0 bridgehead atoms. The van der Waals surface area contributed by atoms with Gasteiger partial charge >= 0.3 is 0 Å². The van der Waals surface area contributed by atoms with Gasteiger partial charge in [-0.2, -0.15) is 0 Å². The number of ether oxygens (including phenoxy) is 2. The maximum atomic E-state index is 5.41. The van der Waals surface area contributed by atoms with Gasteiger partial charge in [-0.15, -0.1) is 0 Å². The number of anilines is 2. The van der Waals surface area contributed by atoms with Gasteiger partial charge < -0.3 is 19.8 Å². The molecule has 1 rings (SSSR count). The van der Waals surface area contributed by atoms with Crippen molar-refractivity contribution in [1.82, 2.24) is 9.97 Å². The first-order valence-electron chi connectivity index (χ1n) is 5.94. The van der Waals surface area contributed by atoms with Crippen molar-refractivity contribution in [2.45, 2.75) is 6.42 Å². The van der Waals surface area contributed by atoms with Crippen molar-refractivity contribution in [2.24, 2.45) is 5.84 Å². The van der Waals surface area contributed by atoms with Crippen LogP contribution in [-0.4, -0.2) is 50.5 Å². The minimum atomic E-state index is 0.555. The molecular weight excluding hydrogens is 314 g/mol. The van der Waals surface area contributed by atoms with Crippen molar-refractivity contribution >= 4 is 27.6 Å². The minimum Gasteiger partial charge on any atom is -0.385 e. The number of nitrogens with zero attached hydrogens (tertiary/aromatic N) is 3. The molecule has 0 atom stereocenters. The van der Waals surface area contributed by atoms with Gasteiger partial charge in [0, 0.05) is 33.9 Å². The minimum absolute atomic E-state index is 0.555. The van der Waals surface area contributed by atoms with E-state index in [1.54, 1.807) is 14.2 Å². The van der Waals surface area contributed by atoms with Gasteiger partial charge in [-0.1, -0.05) is 0 Å². The number of hydrogen-bond acceptors (Lipinski definition) is 7. The Kier molecular flexibility index (Phi) is 7.65. The van der Waals surface area contributed by atoms with Gasteiger partial charge in [-0.25, -0.2) is 15.8 Å². The molecule has 0 aliphatic carbocycles. The maximum absolute atomic E-state index is 5.41. The van der Waals surface area contributed by atoms with Crippen LogP contribution in [0.25, 0.3) is 0 Å². The van der Waals surface area contributed by atoms with Crippen LogP contribution in [0, 0.1) is 0 Å². The number of rotatable bonds is 9. The lowest BCUT2D eigenvalue weighted by Gasteiger charge is -2.24. The van der Waals surface area contributed by atoms with Gasteiger partial charge in [0.1, 0.15) is 16.6 Å². The van der Waals surface area contributed by atoms with Gasteiger partial charge in [0.25, 0.3) is 0 Å². The molecule has 1 heterocycles. The van der Waals surface area contributed by atoms with E-state index in [1.165, 1.54) is 6.33 Å². The predicted molar refractivity (Wildman–Crippen MR) is 78.1 cm³/mol. The third kappa shape index (κ3) is 4.90. The number of nitrogen functional groups attached to an aromatic ring is 1. The molecule has 0 saturated heterocycles. The zero-order chi connectivity index (χ0) is 14.1. The lowest BCUT2D eigenvalue weighted by Crippen LogP contribution is -2.30. The monoisotopic (exact) mass is 333 g/mol. The third-order valence-electron chi connectivity index (χ3n) is 2.55. The fraction of sp³-hybridized carbons (Fsp3) is 0.636. The lowest BCUT2D eigenvalue weighted by atomic mass is 10.3. The van der Waals surface area contributed by atoms with Crippen molar-refractivity contribution in [1.29, 1.82) is 0 Å². The largest absolute Gasteiger partial charge is 0.385 e. The summed E-state index contributed by atoms with van der Waals surface area (Å²) in [6, 6.07) is 0. The third-order valence-corrected chi connectivity index (χ3v) is 3.28. The van der Waals surface area contributed by atoms with E-state index >= 15 is 0 Å². The summed E-state index contributed by atoms with van der Waals surface area (Å²) in [7, 11) is 3.37. The number of aromatic nitrogens is 2. The molecule has 1 aromatic rings. The highest BCUT2D eigenvalue weighted by molar-refractivity contribution is 9.10. The average molecular weight is 334 g/mol. The Balaban J connectivity index is 2.82. The van der Waals surface area contributed by atoms with Crippen LogP contribution < -0.4 is 16.2 Å². The second kappa shape index (κ2) is 9.03. The van der Waals surface area contributed by atoms with Crippen LogP contribution in [0.1, 0.15) is 6.42 Å². The van der Waals surface area contributed by atoms with Gasteiger partial charge in [0.05, 0.1) is 6.61 Å². The van der Waals surface area contributed by atoms with Crippen molar-refractivity contribution in [2.75, 3.05) is 50.8 Å². The molecule has 0 fully saturated rings. The van der Waals surface area contributed by atoms with E-state index in [-0.39, 0.29) is 0 Å². The van der Waals surface area contributed by atoms with Crippen LogP contribution in [0.5, 0.6) is 0 Å². The molecule has 8 heteroatoms. The zero-order valence-corrected chi connectivity index (χ0v) is 12.8. The highest BCUT2D eigenvalue weighted by atomic mass is 79.9. The predicted octanol–water partition coefficient (Wildman–Crippen LogP) is 1.01. The van der Waals surface area contributed by atoms with Crippen LogP contribution in [-0.2, 0) is 9.47 Å². The number of halogens is 1. The summed E-state index contributed by atoms with van der Waals surface area (Å²) >= 11 is 3.46. The molecule has 0 aromatic carbocycles. The molecule has 0 amide bonds. The fourth-order valence-electron chi connectivity index (χ4n) is 1.61. The maximum Gasteiger partial charge on any atom is 0.159 e. The van der Waals surface area contributed by atoms with E-state index in [2.05, 4.69) is 36.2 Å². The van der Waals surface area contributed by atoms with E-state index < -0.39 is 0 Å². The quantitative estimate of drug-likeness (QED) is 0.396. The first-order valence-corrected chi connectivity index (χ1v) is 6.73. The van der Waals surface area contributed by atoms with E-state index in [0.717, 1.165) is 29.8 Å². The molecule has 19 heavy (non-hydrogen) atoms. The summed E-state index contributed by atoms with van der Waals surface area (Å²) < 4.78 is 10.9. The van der Waals surface area contributed by atoms with E-state index in [1.807, 2.05) is 0 Å². The summed E-state index contributed by atoms with van der Waals surface area (Å²) in [5.74, 6) is 6.75. The van der Waals surface area contributed by atoms with Crippen LogP contribution >= 0.6 is 15.9 Å². The summed E-state index contributed by atoms with van der Waals surface area (Å²) in [6.07, 6.45) is 2.38. The second-order valence-corrected chi connectivity index (χ2v) is 4.62.